The molecule has 0 aromatic carbocycles. The van der Waals surface area contributed by atoms with Crippen LogP contribution in [0.5, 0.6) is 0 Å². The average molecular weight is 388 g/mol. The summed E-state index contributed by atoms with van der Waals surface area (Å²) < 4.78 is 0. The largest absolute Gasteiger partial charge is 0.480 e. The molecular formula is C19H24N4O3S. The summed E-state index contributed by atoms with van der Waals surface area (Å²) in [4.78, 5) is 37.3. The van der Waals surface area contributed by atoms with Crippen LogP contribution in [0.15, 0.2) is 6.33 Å². The standard InChI is InChI=1S/C19H24N4O3S/c1-10-11(2)27-18-14(10)16(20-9-21-18)23-7-5-13(6-8-23)17(24)22-15(19(25)26)12-3-4-12/h9,12-13,15H,3-8H2,1-2H3,(H,22,24)(H,25,26). The number of hydrogen-bond acceptors (Lipinski definition) is 6. The highest BCUT2D eigenvalue weighted by molar-refractivity contribution is 7.18. The van der Waals surface area contributed by atoms with Gasteiger partial charge < -0.3 is 15.3 Å². The lowest BCUT2D eigenvalue weighted by molar-refractivity contribution is -0.143. The summed E-state index contributed by atoms with van der Waals surface area (Å²) in [5, 5.41) is 13.2. The lowest BCUT2D eigenvalue weighted by atomic mass is 9.95. The first-order valence-corrected chi connectivity index (χ1v) is 10.3. The van der Waals surface area contributed by atoms with Gasteiger partial charge in [-0.15, -0.1) is 11.3 Å². The van der Waals surface area contributed by atoms with Crippen LogP contribution in [0.25, 0.3) is 10.2 Å². The van der Waals surface area contributed by atoms with E-state index in [2.05, 4.69) is 34.0 Å². The second-order valence-corrected chi connectivity index (χ2v) is 8.79. The van der Waals surface area contributed by atoms with E-state index in [9.17, 15) is 14.7 Å². The zero-order chi connectivity index (χ0) is 19.1. The number of carbonyl (C=O) groups is 2. The van der Waals surface area contributed by atoms with Crippen LogP contribution in [0.4, 0.5) is 5.82 Å². The molecule has 7 nitrogen and oxygen atoms in total. The third kappa shape index (κ3) is 3.50. The van der Waals surface area contributed by atoms with Gasteiger partial charge in [0.2, 0.25) is 5.91 Å². The monoisotopic (exact) mass is 388 g/mol. The van der Waals surface area contributed by atoms with Gasteiger partial charge in [0.05, 0.1) is 5.39 Å². The fourth-order valence-corrected chi connectivity index (χ4v) is 4.83. The number of piperidine rings is 1. The minimum absolute atomic E-state index is 0.102. The van der Waals surface area contributed by atoms with Gasteiger partial charge in [0.1, 0.15) is 23.0 Å². The van der Waals surface area contributed by atoms with Gasteiger partial charge in [-0.2, -0.15) is 0 Å². The topological polar surface area (TPSA) is 95.4 Å². The minimum atomic E-state index is -0.921. The van der Waals surface area contributed by atoms with E-state index >= 15 is 0 Å². The number of rotatable bonds is 5. The number of anilines is 1. The molecule has 1 aliphatic carbocycles. The number of aliphatic carboxylic acids is 1. The predicted molar refractivity (Wildman–Crippen MR) is 104 cm³/mol. The average Bonchev–Trinajstić information content (AvgIpc) is 3.45. The van der Waals surface area contributed by atoms with Gasteiger partial charge in [-0.1, -0.05) is 0 Å². The third-order valence-electron chi connectivity index (χ3n) is 5.77. The van der Waals surface area contributed by atoms with Gasteiger partial charge in [-0.25, -0.2) is 14.8 Å². The minimum Gasteiger partial charge on any atom is -0.480 e. The first-order valence-electron chi connectivity index (χ1n) is 9.44. The molecule has 8 heteroatoms. The van der Waals surface area contributed by atoms with Crippen LogP contribution in [-0.4, -0.2) is 46.1 Å². The van der Waals surface area contributed by atoms with Crippen molar-refractivity contribution < 1.29 is 14.7 Å². The van der Waals surface area contributed by atoms with Crippen LogP contribution < -0.4 is 10.2 Å². The molecule has 1 amide bonds. The Morgan fingerprint density at radius 3 is 2.56 bits per heavy atom. The second kappa shape index (κ2) is 7.07. The van der Waals surface area contributed by atoms with Crippen molar-refractivity contribution in [3.8, 4) is 0 Å². The van der Waals surface area contributed by atoms with E-state index in [4.69, 9.17) is 0 Å². The molecule has 1 atom stereocenters. The molecular weight excluding hydrogens is 364 g/mol. The number of aryl methyl sites for hydroxylation is 2. The Labute approximate surface area is 161 Å². The lowest BCUT2D eigenvalue weighted by Crippen LogP contribution is -2.47. The zero-order valence-electron chi connectivity index (χ0n) is 15.6. The molecule has 0 bridgehead atoms. The molecule has 2 aliphatic rings. The van der Waals surface area contributed by atoms with Gasteiger partial charge >= 0.3 is 5.97 Å². The van der Waals surface area contributed by atoms with E-state index in [0.717, 1.165) is 42.0 Å². The number of aromatic nitrogens is 2. The molecule has 4 rings (SSSR count). The van der Waals surface area contributed by atoms with Gasteiger partial charge in [0.15, 0.2) is 0 Å². The molecule has 1 unspecified atom stereocenters. The van der Waals surface area contributed by atoms with Crippen LogP contribution in [0.1, 0.15) is 36.1 Å². The smallest absolute Gasteiger partial charge is 0.326 e. The molecule has 2 aromatic heterocycles. The predicted octanol–water partition coefficient (Wildman–Crippen LogP) is 2.50. The number of carbonyl (C=O) groups excluding carboxylic acids is 1. The first-order chi connectivity index (χ1) is 13.0. The van der Waals surface area contributed by atoms with Crippen molar-refractivity contribution in [1.29, 1.82) is 0 Å². The van der Waals surface area contributed by atoms with E-state index in [-0.39, 0.29) is 17.7 Å². The number of thiophene rings is 1. The number of hydrogen-bond donors (Lipinski definition) is 2. The molecule has 2 fully saturated rings. The zero-order valence-corrected chi connectivity index (χ0v) is 16.4. The molecule has 27 heavy (non-hydrogen) atoms. The van der Waals surface area contributed by atoms with Crippen molar-refractivity contribution in [2.45, 2.75) is 45.6 Å². The molecule has 3 heterocycles. The van der Waals surface area contributed by atoms with Crippen molar-refractivity contribution >= 4 is 39.2 Å². The van der Waals surface area contributed by atoms with Gasteiger partial charge in [-0.3, -0.25) is 4.79 Å². The van der Waals surface area contributed by atoms with E-state index in [1.807, 2.05) is 0 Å². The number of nitrogens with zero attached hydrogens (tertiary/aromatic N) is 3. The number of fused-ring (bicyclic) bond motifs is 1. The maximum Gasteiger partial charge on any atom is 0.326 e. The highest BCUT2D eigenvalue weighted by Gasteiger charge is 2.38. The fourth-order valence-electron chi connectivity index (χ4n) is 3.84. The van der Waals surface area contributed by atoms with Crippen molar-refractivity contribution in [2.24, 2.45) is 11.8 Å². The second-order valence-electron chi connectivity index (χ2n) is 7.58. The van der Waals surface area contributed by atoms with Crippen LogP contribution in [0.2, 0.25) is 0 Å². The molecule has 0 radical (unpaired) electrons. The molecule has 2 aromatic rings. The summed E-state index contributed by atoms with van der Waals surface area (Å²) in [5.74, 6) is -0.128. The summed E-state index contributed by atoms with van der Waals surface area (Å²) in [5.41, 5.74) is 1.22. The van der Waals surface area contributed by atoms with Crippen molar-refractivity contribution in [1.82, 2.24) is 15.3 Å². The Morgan fingerprint density at radius 2 is 1.93 bits per heavy atom. The molecule has 144 valence electrons. The van der Waals surface area contributed by atoms with Crippen molar-refractivity contribution in [3.63, 3.8) is 0 Å². The van der Waals surface area contributed by atoms with Crippen LogP contribution in [0, 0.1) is 25.7 Å². The lowest BCUT2D eigenvalue weighted by Gasteiger charge is -2.33. The van der Waals surface area contributed by atoms with Gasteiger partial charge in [0, 0.05) is 23.9 Å². The Morgan fingerprint density at radius 1 is 1.22 bits per heavy atom. The molecule has 1 saturated carbocycles. The van der Waals surface area contributed by atoms with Gasteiger partial charge in [-0.05, 0) is 51.0 Å². The first kappa shape index (κ1) is 18.2. The summed E-state index contributed by atoms with van der Waals surface area (Å²) in [6.45, 7) is 5.67. The maximum absolute atomic E-state index is 12.5. The number of carboxylic acid groups (broad SMARTS) is 1. The molecule has 1 aliphatic heterocycles. The van der Waals surface area contributed by atoms with Crippen molar-refractivity contribution in [2.75, 3.05) is 18.0 Å². The molecule has 2 N–H and O–H groups in total. The Balaban J connectivity index is 1.43. The van der Waals surface area contributed by atoms with E-state index in [0.29, 0.717) is 12.8 Å². The van der Waals surface area contributed by atoms with E-state index in [1.54, 1.807) is 17.7 Å². The quantitative estimate of drug-likeness (QED) is 0.817. The fraction of sp³-hybridized carbons (Fsp3) is 0.579. The molecule has 1 saturated heterocycles. The van der Waals surface area contributed by atoms with E-state index < -0.39 is 12.0 Å². The number of nitrogens with one attached hydrogen (secondary N) is 1. The number of carboxylic acids is 1. The SMILES string of the molecule is Cc1sc2ncnc(N3CCC(C(=O)NC(C(=O)O)C4CC4)CC3)c2c1C. The van der Waals surface area contributed by atoms with Crippen molar-refractivity contribution in [3.05, 3.63) is 16.8 Å². The van der Waals surface area contributed by atoms with E-state index in [1.165, 1.54) is 10.4 Å². The van der Waals surface area contributed by atoms with Crippen LogP contribution >= 0.6 is 11.3 Å². The Hall–Kier alpha value is -2.22. The highest BCUT2D eigenvalue weighted by Crippen LogP contribution is 2.36. The number of amides is 1. The Bertz CT molecular complexity index is 884. The van der Waals surface area contributed by atoms with Crippen LogP contribution in [0.3, 0.4) is 0 Å². The summed E-state index contributed by atoms with van der Waals surface area (Å²) in [7, 11) is 0. The highest BCUT2D eigenvalue weighted by atomic mass is 32.1. The normalized spacial score (nSPS) is 19.3. The molecule has 0 spiro atoms. The van der Waals surface area contributed by atoms with Crippen LogP contribution in [-0.2, 0) is 9.59 Å². The Kier molecular flexibility index (Phi) is 4.75. The third-order valence-corrected chi connectivity index (χ3v) is 6.88. The van der Waals surface area contributed by atoms with Gasteiger partial charge in [0.25, 0.3) is 0 Å². The maximum atomic E-state index is 12.5. The summed E-state index contributed by atoms with van der Waals surface area (Å²) in [6.07, 6.45) is 4.80. The summed E-state index contributed by atoms with van der Waals surface area (Å²) in [6, 6.07) is -0.728. The summed E-state index contributed by atoms with van der Waals surface area (Å²) >= 11 is 1.68.